The number of nitrogens with one attached hydrogen (secondary N) is 1. The van der Waals surface area contributed by atoms with Crippen molar-refractivity contribution in [1.82, 2.24) is 4.90 Å². The average Bonchev–Trinajstić information content (AvgIpc) is 2.69. The molecule has 0 aromatic heterocycles. The van der Waals surface area contributed by atoms with Gasteiger partial charge in [-0.05, 0) is 68.1 Å². The molecule has 0 fully saturated rings. The van der Waals surface area contributed by atoms with E-state index in [0.29, 0.717) is 24.1 Å². The number of halogens is 1. The van der Waals surface area contributed by atoms with Crippen LogP contribution in [-0.4, -0.2) is 42.7 Å². The van der Waals surface area contributed by atoms with E-state index in [1.165, 1.54) is 25.2 Å². The minimum absolute atomic E-state index is 0.0730. The molecular weight excluding hydrogens is 484 g/mol. The van der Waals surface area contributed by atoms with Gasteiger partial charge in [-0.2, -0.15) is 0 Å². The van der Waals surface area contributed by atoms with Crippen LogP contribution in [0.1, 0.15) is 37.8 Å². The molecule has 2 aromatic carbocycles. The monoisotopic (exact) mass is 510 g/mol. The summed E-state index contributed by atoms with van der Waals surface area (Å²) >= 11 is 3.39. The maximum Gasteiger partial charge on any atom is 0.407 e. The summed E-state index contributed by atoms with van der Waals surface area (Å²) in [5.41, 5.74) is 1.90. The van der Waals surface area contributed by atoms with Crippen LogP contribution in [0.15, 0.2) is 51.8 Å². The van der Waals surface area contributed by atoms with E-state index in [2.05, 4.69) is 21.2 Å². The molecule has 2 N–H and O–H groups in total. The lowest BCUT2D eigenvalue weighted by molar-refractivity contribution is -0.116. The first-order valence-corrected chi connectivity index (χ1v) is 12.2. The molecule has 0 atom stereocenters. The predicted molar refractivity (Wildman–Crippen MR) is 124 cm³/mol. The van der Waals surface area contributed by atoms with Crippen LogP contribution in [0.2, 0.25) is 0 Å². The molecular formula is C22H27BrN2O5S. The summed E-state index contributed by atoms with van der Waals surface area (Å²) in [5.74, 6) is -0.186. The second-order valence-corrected chi connectivity index (χ2v) is 11.0. The molecule has 0 spiro atoms. The molecule has 0 aliphatic heterocycles. The second kappa shape index (κ2) is 10.8. The lowest BCUT2D eigenvalue weighted by Gasteiger charge is -2.19. The Morgan fingerprint density at radius 1 is 1.13 bits per heavy atom. The summed E-state index contributed by atoms with van der Waals surface area (Å²) in [6.45, 7) is 3.03. The average molecular weight is 511 g/mol. The molecule has 31 heavy (non-hydrogen) atoms. The second-order valence-electron chi connectivity index (χ2n) is 7.58. The molecule has 7 nitrogen and oxygen atoms in total. The van der Waals surface area contributed by atoms with Gasteiger partial charge in [0.15, 0.2) is 9.84 Å². The van der Waals surface area contributed by atoms with Crippen LogP contribution in [0, 0.1) is 0 Å². The predicted octanol–water partition coefficient (Wildman–Crippen LogP) is 4.70. The number of amides is 2. The van der Waals surface area contributed by atoms with Crippen LogP contribution < -0.4 is 5.32 Å². The number of nitrogens with zero attached hydrogens (tertiary/aromatic N) is 1. The Kier molecular flexibility index (Phi) is 8.64. The Bertz CT molecular complexity index is 1040. The highest BCUT2D eigenvalue weighted by molar-refractivity contribution is 9.10. The fraction of sp³-hybridized carbons (Fsp3) is 0.364. The molecule has 0 heterocycles. The molecule has 0 radical (unpaired) electrons. The van der Waals surface area contributed by atoms with Crippen LogP contribution >= 0.6 is 15.9 Å². The Morgan fingerprint density at radius 2 is 1.77 bits per heavy atom. The van der Waals surface area contributed by atoms with Crippen molar-refractivity contribution in [3.8, 4) is 0 Å². The third-order valence-corrected chi connectivity index (χ3v) is 7.57. The molecule has 0 unspecified atom stereocenters. The van der Waals surface area contributed by atoms with Crippen molar-refractivity contribution in [1.29, 1.82) is 0 Å². The van der Waals surface area contributed by atoms with Crippen molar-refractivity contribution in [3.63, 3.8) is 0 Å². The van der Waals surface area contributed by atoms with Crippen molar-refractivity contribution in [2.75, 3.05) is 12.4 Å². The zero-order valence-corrected chi connectivity index (χ0v) is 20.2. The lowest BCUT2D eigenvalue weighted by Crippen LogP contribution is -2.26. The van der Waals surface area contributed by atoms with Crippen LogP contribution in [-0.2, 0) is 27.6 Å². The zero-order chi connectivity index (χ0) is 23.2. The minimum atomic E-state index is -3.61. The van der Waals surface area contributed by atoms with E-state index in [9.17, 15) is 23.1 Å². The molecule has 9 heteroatoms. The van der Waals surface area contributed by atoms with Crippen molar-refractivity contribution in [2.45, 2.75) is 49.8 Å². The van der Waals surface area contributed by atoms with Crippen LogP contribution in [0.5, 0.6) is 0 Å². The van der Waals surface area contributed by atoms with Crippen LogP contribution in [0.25, 0.3) is 0 Å². The maximum absolute atomic E-state index is 12.7. The van der Waals surface area contributed by atoms with E-state index < -0.39 is 21.2 Å². The fourth-order valence-corrected chi connectivity index (χ4v) is 4.48. The summed E-state index contributed by atoms with van der Waals surface area (Å²) in [6.07, 6.45) is 0.574. The standard InChI is InChI=1S/C22H27BrN2O5S/c1-15(2)31(29,30)20-12-11-19(13-17(20)14-25(3)22(27)28)24-21(26)6-4-5-16-7-9-18(23)10-8-16/h7-13,15H,4-6,14H2,1-3H3,(H,24,26)(H,27,28). The van der Waals surface area contributed by atoms with Gasteiger partial charge < -0.3 is 15.3 Å². The van der Waals surface area contributed by atoms with E-state index in [1.807, 2.05) is 24.3 Å². The number of benzene rings is 2. The number of hydrogen-bond acceptors (Lipinski definition) is 4. The third kappa shape index (κ3) is 7.07. The van der Waals surface area contributed by atoms with Crippen molar-refractivity contribution >= 4 is 43.5 Å². The van der Waals surface area contributed by atoms with E-state index in [1.54, 1.807) is 13.8 Å². The van der Waals surface area contributed by atoms with Crippen molar-refractivity contribution in [2.24, 2.45) is 0 Å². The van der Waals surface area contributed by atoms with Gasteiger partial charge >= 0.3 is 6.09 Å². The van der Waals surface area contributed by atoms with Gasteiger partial charge in [-0.15, -0.1) is 0 Å². The minimum Gasteiger partial charge on any atom is -0.465 e. The van der Waals surface area contributed by atoms with E-state index in [4.69, 9.17) is 0 Å². The fourth-order valence-electron chi connectivity index (χ4n) is 2.96. The van der Waals surface area contributed by atoms with Gasteiger partial charge in [0.25, 0.3) is 0 Å². The smallest absolute Gasteiger partial charge is 0.407 e. The zero-order valence-electron chi connectivity index (χ0n) is 17.8. The summed E-state index contributed by atoms with van der Waals surface area (Å²) in [6, 6.07) is 12.4. The number of hydrogen-bond donors (Lipinski definition) is 2. The Balaban J connectivity index is 2.12. The van der Waals surface area contributed by atoms with Gasteiger partial charge in [-0.3, -0.25) is 4.79 Å². The molecule has 0 saturated carbocycles. The summed E-state index contributed by atoms with van der Waals surface area (Å²) in [4.78, 5) is 24.6. The molecule has 0 aliphatic rings. The summed E-state index contributed by atoms with van der Waals surface area (Å²) in [7, 11) is -2.25. The van der Waals surface area contributed by atoms with Gasteiger partial charge in [0, 0.05) is 23.6 Å². The van der Waals surface area contributed by atoms with Crippen LogP contribution in [0.3, 0.4) is 0 Å². The molecule has 2 rings (SSSR count). The quantitative estimate of drug-likeness (QED) is 0.508. The Morgan fingerprint density at radius 3 is 2.35 bits per heavy atom. The number of anilines is 1. The number of carbonyl (C=O) groups excluding carboxylic acids is 1. The van der Waals surface area contributed by atoms with Gasteiger partial charge in [0.05, 0.1) is 16.7 Å². The maximum atomic E-state index is 12.7. The molecule has 0 bridgehead atoms. The number of carboxylic acid groups (broad SMARTS) is 1. The van der Waals surface area contributed by atoms with Gasteiger partial charge in [0.2, 0.25) is 5.91 Å². The normalized spacial score (nSPS) is 11.4. The van der Waals surface area contributed by atoms with E-state index in [0.717, 1.165) is 21.4 Å². The first kappa shape index (κ1) is 24.9. The topological polar surface area (TPSA) is 104 Å². The van der Waals surface area contributed by atoms with Gasteiger partial charge in [-0.1, -0.05) is 28.1 Å². The highest BCUT2D eigenvalue weighted by Gasteiger charge is 2.24. The van der Waals surface area contributed by atoms with Crippen molar-refractivity contribution < 1.29 is 23.1 Å². The summed E-state index contributed by atoms with van der Waals surface area (Å²) in [5, 5.41) is 11.3. The SMILES string of the molecule is CC(C)S(=O)(=O)c1ccc(NC(=O)CCCc2ccc(Br)cc2)cc1CN(C)C(=O)O. The number of sulfone groups is 1. The first-order valence-electron chi connectivity index (χ1n) is 9.86. The number of rotatable bonds is 9. The molecule has 0 saturated heterocycles. The van der Waals surface area contributed by atoms with E-state index in [-0.39, 0.29) is 17.3 Å². The van der Waals surface area contributed by atoms with Crippen molar-refractivity contribution in [3.05, 3.63) is 58.1 Å². The largest absolute Gasteiger partial charge is 0.465 e. The molecule has 168 valence electrons. The first-order chi connectivity index (χ1) is 14.5. The number of aryl methyl sites for hydroxylation is 1. The van der Waals surface area contributed by atoms with E-state index >= 15 is 0 Å². The lowest BCUT2D eigenvalue weighted by atomic mass is 10.1. The molecule has 0 aliphatic carbocycles. The van der Waals surface area contributed by atoms with Gasteiger partial charge in [-0.25, -0.2) is 13.2 Å². The third-order valence-electron chi connectivity index (χ3n) is 4.79. The van der Waals surface area contributed by atoms with Gasteiger partial charge in [0.1, 0.15) is 0 Å². The highest BCUT2D eigenvalue weighted by atomic mass is 79.9. The number of carbonyl (C=O) groups is 2. The highest BCUT2D eigenvalue weighted by Crippen LogP contribution is 2.25. The van der Waals surface area contributed by atoms with Crippen LogP contribution in [0.4, 0.5) is 10.5 Å². The Labute approximate surface area is 191 Å². The Hall–Kier alpha value is -2.39. The summed E-state index contributed by atoms with van der Waals surface area (Å²) < 4.78 is 26.4. The molecule has 2 amide bonds. The molecule has 2 aromatic rings.